The summed E-state index contributed by atoms with van der Waals surface area (Å²) < 4.78 is 4.17. The van der Waals surface area contributed by atoms with Crippen LogP contribution >= 0.6 is 63.7 Å². The molecule has 0 heterocycles. The third-order valence-electron chi connectivity index (χ3n) is 5.65. The minimum atomic E-state index is 1.04. The topological polar surface area (TPSA) is 0 Å². The van der Waals surface area contributed by atoms with Crippen LogP contribution in [0.15, 0.2) is 127 Å². The molecule has 0 saturated heterocycles. The highest BCUT2D eigenvalue weighted by Crippen LogP contribution is 2.37. The maximum Gasteiger partial charge on any atom is 0.0192 e. The molecule has 0 fully saturated rings. The fourth-order valence-electron chi connectivity index (χ4n) is 4.05. The normalized spacial score (nSPS) is 10.9. The van der Waals surface area contributed by atoms with Gasteiger partial charge in [0.1, 0.15) is 0 Å². The second-order valence-corrected chi connectivity index (χ2v) is 11.7. The lowest BCUT2D eigenvalue weighted by molar-refractivity contribution is 1.52. The van der Waals surface area contributed by atoms with Crippen molar-refractivity contribution in [2.75, 3.05) is 0 Å². The molecule has 0 aromatic heterocycles. The lowest BCUT2D eigenvalue weighted by Gasteiger charge is -2.13. The SMILES string of the molecule is Brc1cc(Br)cc(-c2cc(-c3ccc(-c4ccccc4)cc3)cc(-c3cc(Br)cc(Br)c3)c2)c1. The van der Waals surface area contributed by atoms with Crippen molar-refractivity contribution >= 4 is 63.7 Å². The highest BCUT2D eigenvalue weighted by molar-refractivity contribution is 9.11. The van der Waals surface area contributed by atoms with E-state index in [9.17, 15) is 0 Å². The van der Waals surface area contributed by atoms with Gasteiger partial charge < -0.3 is 0 Å². The Morgan fingerprint density at radius 3 is 0.971 bits per heavy atom. The van der Waals surface area contributed by atoms with Gasteiger partial charge in [-0.2, -0.15) is 0 Å². The first-order valence-corrected chi connectivity index (χ1v) is 13.9. The average Bonchev–Trinajstić information content (AvgIpc) is 2.83. The van der Waals surface area contributed by atoms with Crippen LogP contribution in [0.3, 0.4) is 0 Å². The van der Waals surface area contributed by atoms with Gasteiger partial charge >= 0.3 is 0 Å². The molecule has 0 aliphatic carbocycles. The number of halogens is 4. The van der Waals surface area contributed by atoms with E-state index in [4.69, 9.17) is 0 Å². The van der Waals surface area contributed by atoms with E-state index in [1.807, 2.05) is 6.07 Å². The van der Waals surface area contributed by atoms with E-state index in [2.05, 4.69) is 167 Å². The fraction of sp³-hybridized carbons (Fsp3) is 0. The summed E-state index contributed by atoms with van der Waals surface area (Å²) in [6.45, 7) is 0. The molecule has 0 radical (unpaired) electrons. The third-order valence-corrected chi connectivity index (χ3v) is 7.48. The van der Waals surface area contributed by atoms with Gasteiger partial charge in [-0.25, -0.2) is 0 Å². The predicted molar refractivity (Wildman–Crippen MR) is 159 cm³/mol. The number of benzene rings is 5. The Balaban J connectivity index is 1.65. The van der Waals surface area contributed by atoms with E-state index in [0.29, 0.717) is 0 Å². The van der Waals surface area contributed by atoms with Crippen LogP contribution in [0.2, 0.25) is 0 Å². The van der Waals surface area contributed by atoms with Gasteiger partial charge in [0.25, 0.3) is 0 Å². The lowest BCUT2D eigenvalue weighted by Crippen LogP contribution is -1.87. The van der Waals surface area contributed by atoms with Crippen molar-refractivity contribution in [3.8, 4) is 44.5 Å². The molecule has 0 atom stereocenters. The van der Waals surface area contributed by atoms with Crippen molar-refractivity contribution < 1.29 is 0 Å². The molecule has 166 valence electrons. The number of rotatable bonds is 4. The molecule has 0 aliphatic rings. The van der Waals surface area contributed by atoms with E-state index < -0.39 is 0 Å². The zero-order valence-corrected chi connectivity index (χ0v) is 24.2. The van der Waals surface area contributed by atoms with Crippen LogP contribution in [0.25, 0.3) is 44.5 Å². The molecule has 0 N–H and O–H groups in total. The van der Waals surface area contributed by atoms with Crippen LogP contribution in [0.5, 0.6) is 0 Å². The van der Waals surface area contributed by atoms with Crippen molar-refractivity contribution in [2.24, 2.45) is 0 Å². The molecular formula is C30H18Br4. The van der Waals surface area contributed by atoms with Crippen LogP contribution in [-0.2, 0) is 0 Å². The first kappa shape index (κ1) is 23.7. The third kappa shape index (κ3) is 5.46. The Bertz CT molecular complexity index is 1360. The van der Waals surface area contributed by atoms with Crippen molar-refractivity contribution in [3.05, 3.63) is 127 Å². The fourth-order valence-corrected chi connectivity index (χ4v) is 6.64. The molecule has 4 heteroatoms. The minimum Gasteiger partial charge on any atom is -0.0622 e. The van der Waals surface area contributed by atoms with Gasteiger partial charge in [0.2, 0.25) is 0 Å². The van der Waals surface area contributed by atoms with Crippen molar-refractivity contribution in [1.29, 1.82) is 0 Å². The highest BCUT2D eigenvalue weighted by Gasteiger charge is 2.10. The summed E-state index contributed by atoms with van der Waals surface area (Å²) in [6.07, 6.45) is 0. The first-order valence-electron chi connectivity index (χ1n) is 10.7. The summed E-state index contributed by atoms with van der Waals surface area (Å²) in [5.74, 6) is 0. The van der Waals surface area contributed by atoms with E-state index in [1.54, 1.807) is 0 Å². The molecule has 0 bridgehead atoms. The maximum absolute atomic E-state index is 3.64. The van der Waals surface area contributed by atoms with Gasteiger partial charge in [0.15, 0.2) is 0 Å². The molecule has 0 unspecified atom stereocenters. The van der Waals surface area contributed by atoms with Crippen LogP contribution in [-0.4, -0.2) is 0 Å². The molecule has 5 rings (SSSR count). The van der Waals surface area contributed by atoms with Crippen molar-refractivity contribution in [1.82, 2.24) is 0 Å². The highest BCUT2D eigenvalue weighted by atomic mass is 79.9. The second-order valence-electron chi connectivity index (χ2n) is 8.06. The Morgan fingerprint density at radius 1 is 0.265 bits per heavy atom. The van der Waals surface area contributed by atoms with E-state index in [-0.39, 0.29) is 0 Å². The molecule has 0 spiro atoms. The van der Waals surface area contributed by atoms with Crippen LogP contribution < -0.4 is 0 Å². The second kappa shape index (κ2) is 10.3. The van der Waals surface area contributed by atoms with Crippen molar-refractivity contribution in [3.63, 3.8) is 0 Å². The molecule has 34 heavy (non-hydrogen) atoms. The molecule has 5 aromatic carbocycles. The quantitative estimate of drug-likeness (QED) is 0.175. The summed E-state index contributed by atoms with van der Waals surface area (Å²) in [5, 5.41) is 0. The van der Waals surface area contributed by atoms with Gasteiger partial charge in [-0.15, -0.1) is 0 Å². The predicted octanol–water partition coefficient (Wildman–Crippen LogP) is 11.4. The minimum absolute atomic E-state index is 1.04. The molecular weight excluding hydrogens is 680 g/mol. The summed E-state index contributed by atoms with van der Waals surface area (Å²) in [5.41, 5.74) is 9.44. The van der Waals surface area contributed by atoms with Gasteiger partial charge in [-0.05, 0) is 99.1 Å². The van der Waals surface area contributed by atoms with E-state index in [1.165, 1.54) is 22.3 Å². The van der Waals surface area contributed by atoms with Gasteiger partial charge in [0.05, 0.1) is 0 Å². The van der Waals surface area contributed by atoms with E-state index >= 15 is 0 Å². The van der Waals surface area contributed by atoms with Crippen LogP contribution in [0.1, 0.15) is 0 Å². The largest absolute Gasteiger partial charge is 0.0622 e. The number of hydrogen-bond donors (Lipinski definition) is 0. The summed E-state index contributed by atoms with van der Waals surface area (Å²) >= 11 is 14.6. The molecule has 0 saturated carbocycles. The number of hydrogen-bond acceptors (Lipinski definition) is 0. The lowest BCUT2D eigenvalue weighted by atomic mass is 9.92. The van der Waals surface area contributed by atoms with E-state index in [0.717, 1.165) is 40.1 Å². The Morgan fingerprint density at radius 2 is 0.559 bits per heavy atom. The average molecular weight is 698 g/mol. The van der Waals surface area contributed by atoms with Gasteiger partial charge in [0, 0.05) is 17.9 Å². The van der Waals surface area contributed by atoms with Crippen molar-refractivity contribution in [2.45, 2.75) is 0 Å². The smallest absolute Gasteiger partial charge is 0.0192 e. The summed E-state index contributed by atoms with van der Waals surface area (Å²) in [6, 6.07) is 38.8. The molecule has 0 nitrogen and oxygen atoms in total. The van der Waals surface area contributed by atoms with Gasteiger partial charge in [-0.3, -0.25) is 0 Å². The monoisotopic (exact) mass is 694 g/mol. The zero-order chi connectivity index (χ0) is 23.7. The zero-order valence-electron chi connectivity index (χ0n) is 17.9. The Kier molecular flexibility index (Phi) is 7.22. The summed E-state index contributed by atoms with van der Waals surface area (Å²) in [7, 11) is 0. The van der Waals surface area contributed by atoms with Crippen LogP contribution in [0, 0.1) is 0 Å². The summed E-state index contributed by atoms with van der Waals surface area (Å²) in [4.78, 5) is 0. The molecule has 0 amide bonds. The molecule has 5 aromatic rings. The Hall–Kier alpha value is -1.98. The van der Waals surface area contributed by atoms with Crippen LogP contribution in [0.4, 0.5) is 0 Å². The maximum atomic E-state index is 3.64. The first-order chi connectivity index (χ1) is 16.4. The standard InChI is InChI=1S/C30H18Br4/c31-27-13-25(14-28(32)17-27)23-10-22(11-24(12-23)26-15-29(33)18-30(34)16-26)21-8-6-20(7-9-21)19-4-2-1-3-5-19/h1-18H. The van der Waals surface area contributed by atoms with Gasteiger partial charge in [-0.1, -0.05) is 118 Å². The Labute approximate surface area is 233 Å². The molecule has 0 aliphatic heterocycles.